The maximum atomic E-state index is 15.2. The third kappa shape index (κ3) is 6.51. The molecule has 0 spiro atoms. The fourth-order valence-corrected chi connectivity index (χ4v) is 4.57. The Balaban J connectivity index is 2.07. The minimum Gasteiger partial charge on any atom is -0.480 e. The third-order valence-electron chi connectivity index (χ3n) is 6.30. The predicted octanol–water partition coefficient (Wildman–Crippen LogP) is 5.13. The minimum atomic E-state index is -0.824. The van der Waals surface area contributed by atoms with Crippen molar-refractivity contribution in [2.24, 2.45) is 0 Å². The lowest BCUT2D eigenvalue weighted by atomic mass is 10.0. The molecule has 11 nitrogen and oxygen atoms in total. The molecule has 2 heterocycles. The molecule has 0 atom stereocenters. The van der Waals surface area contributed by atoms with Crippen LogP contribution in [0.25, 0.3) is 33.2 Å². The number of halogens is 1. The van der Waals surface area contributed by atoms with E-state index in [2.05, 4.69) is 16.9 Å². The largest absolute Gasteiger partial charge is 0.480 e. The summed E-state index contributed by atoms with van der Waals surface area (Å²) in [7, 11) is 3.25. The number of fused-ring (bicyclic) bond motifs is 3. The van der Waals surface area contributed by atoms with Crippen molar-refractivity contribution in [2.45, 2.75) is 33.3 Å². The molecule has 2 aromatic carbocycles. The van der Waals surface area contributed by atoms with Gasteiger partial charge in [-0.05, 0) is 58.0 Å². The van der Waals surface area contributed by atoms with E-state index in [9.17, 15) is 9.59 Å². The van der Waals surface area contributed by atoms with Gasteiger partial charge in [0, 0.05) is 31.6 Å². The minimum absolute atomic E-state index is 0.195. The van der Waals surface area contributed by atoms with Crippen LogP contribution in [0.1, 0.15) is 26.6 Å². The molecular weight excluding hydrogens is 555 g/mol. The monoisotopic (exact) mass is 588 g/mol. The molecule has 224 valence electrons. The molecule has 4 aromatic rings. The van der Waals surface area contributed by atoms with Crippen molar-refractivity contribution >= 4 is 39.6 Å². The van der Waals surface area contributed by atoms with Crippen LogP contribution >= 0.6 is 0 Å². The van der Waals surface area contributed by atoms with Crippen molar-refractivity contribution in [3.63, 3.8) is 0 Å². The Morgan fingerprint density at radius 1 is 1.19 bits per heavy atom. The molecule has 0 radical (unpaired) electrons. The summed E-state index contributed by atoms with van der Waals surface area (Å²) in [5.74, 6) is -0.0983. The van der Waals surface area contributed by atoms with Crippen LogP contribution in [0.3, 0.4) is 0 Å². The molecule has 0 aliphatic rings. The molecule has 0 fully saturated rings. The number of carbonyl (C=O) groups excluding carboxylic acids is 2. The molecule has 0 saturated heterocycles. The van der Waals surface area contributed by atoms with Crippen molar-refractivity contribution in [1.82, 2.24) is 19.9 Å². The van der Waals surface area contributed by atoms with Gasteiger partial charge in [0.25, 0.3) is 5.91 Å². The third-order valence-corrected chi connectivity index (χ3v) is 6.30. The van der Waals surface area contributed by atoms with Crippen molar-refractivity contribution in [1.29, 1.82) is 5.26 Å². The maximum absolute atomic E-state index is 15.2. The van der Waals surface area contributed by atoms with Gasteiger partial charge in [0.15, 0.2) is 30.4 Å². The lowest BCUT2D eigenvalue weighted by Crippen LogP contribution is -2.28. The summed E-state index contributed by atoms with van der Waals surface area (Å²) in [6.07, 6.45) is 0.982. The number of amides is 1. The Morgan fingerprint density at radius 3 is 2.58 bits per heavy atom. The van der Waals surface area contributed by atoms with Crippen molar-refractivity contribution in [3.05, 3.63) is 54.6 Å². The van der Waals surface area contributed by atoms with Crippen molar-refractivity contribution in [3.8, 4) is 28.8 Å². The lowest BCUT2D eigenvalue weighted by molar-refractivity contribution is -0.122. The molecule has 0 aliphatic carbocycles. The summed E-state index contributed by atoms with van der Waals surface area (Å²) in [6.45, 7) is 10.6. The number of rotatable bonds is 9. The fraction of sp³-hybridized carbons (Fsp3) is 0.323. The number of nitriles is 1. The van der Waals surface area contributed by atoms with Gasteiger partial charge in [-0.3, -0.25) is 4.79 Å². The van der Waals surface area contributed by atoms with E-state index in [0.29, 0.717) is 45.6 Å². The van der Waals surface area contributed by atoms with Crippen molar-refractivity contribution < 1.29 is 28.2 Å². The van der Waals surface area contributed by atoms with Gasteiger partial charge in [0.2, 0.25) is 0 Å². The van der Waals surface area contributed by atoms with Crippen molar-refractivity contribution in [2.75, 3.05) is 38.8 Å². The van der Waals surface area contributed by atoms with Crippen LogP contribution in [-0.4, -0.2) is 66.0 Å². The van der Waals surface area contributed by atoms with Crippen LogP contribution in [-0.2, 0) is 9.53 Å². The summed E-state index contributed by atoms with van der Waals surface area (Å²) < 4.78 is 33.6. The quantitative estimate of drug-likeness (QED) is 0.264. The van der Waals surface area contributed by atoms with Gasteiger partial charge < -0.3 is 24.4 Å². The zero-order chi connectivity index (χ0) is 31.5. The molecule has 0 bridgehead atoms. The first-order valence-electron chi connectivity index (χ1n) is 13.4. The number of aryl methyl sites for hydroxylation is 1. The van der Waals surface area contributed by atoms with Crippen LogP contribution in [0, 0.1) is 24.1 Å². The molecule has 0 unspecified atom stereocenters. The van der Waals surface area contributed by atoms with Gasteiger partial charge in [0.05, 0.1) is 22.3 Å². The number of benzene rings is 2. The van der Waals surface area contributed by atoms with E-state index < -0.39 is 17.5 Å². The highest BCUT2D eigenvalue weighted by Gasteiger charge is 2.29. The number of ether oxygens (including phenoxy) is 3. The average molecular weight is 589 g/mol. The molecular formula is C31H33FN6O5. The number of likely N-dealkylation sites (N-methyl/N-ethyl adjacent to an activating group) is 2. The van der Waals surface area contributed by atoms with Crippen LogP contribution in [0.5, 0.6) is 11.5 Å². The zero-order valence-corrected chi connectivity index (χ0v) is 24.9. The second kappa shape index (κ2) is 12.4. The number of nitrogens with one attached hydrogen (secondary N) is 1. The first kappa shape index (κ1) is 30.8. The summed E-state index contributed by atoms with van der Waals surface area (Å²) in [6, 6.07) is 9.49. The highest BCUT2D eigenvalue weighted by molar-refractivity contribution is 6.19. The fourth-order valence-electron chi connectivity index (χ4n) is 4.57. The maximum Gasteiger partial charge on any atom is 0.420 e. The van der Waals surface area contributed by atoms with E-state index in [4.69, 9.17) is 24.5 Å². The summed E-state index contributed by atoms with van der Waals surface area (Å²) in [4.78, 5) is 36.6. The predicted molar refractivity (Wildman–Crippen MR) is 161 cm³/mol. The molecule has 0 saturated carbocycles. The SMILES string of the molecule is C=CCN(C)c1cc(F)cc2c3c(-c4ccc(OCC(=O)NC)c(OCC#N)c4)nc(C)nc3n(C(=O)OC(C)(C)C)c12. The number of carbonyl (C=O) groups is 2. The second-order valence-electron chi connectivity index (χ2n) is 10.7. The molecule has 0 aliphatic heterocycles. The Kier molecular flexibility index (Phi) is 8.85. The Hall–Kier alpha value is -5.18. The van der Waals surface area contributed by atoms with E-state index in [1.807, 2.05) is 6.07 Å². The average Bonchev–Trinajstić information content (AvgIpc) is 3.26. The highest BCUT2D eigenvalue weighted by Crippen LogP contribution is 2.41. The standard InChI is InChI=1S/C31H33FN6O5/c1-8-12-37(7)22-16-20(32)15-21-26-27(19-9-10-23(42-17-25(39)34-6)24(14-19)41-13-11-33)35-18(2)36-29(26)38(28(21)22)30(40)43-31(3,4)5/h8-10,14-16H,1,12-13,17H2,2-7H3,(H,34,39). The lowest BCUT2D eigenvalue weighted by Gasteiger charge is -2.22. The summed E-state index contributed by atoms with van der Waals surface area (Å²) >= 11 is 0. The number of nitrogens with zero attached hydrogens (tertiary/aromatic N) is 5. The Labute approximate surface area is 248 Å². The van der Waals surface area contributed by atoms with Gasteiger partial charge in [0.1, 0.15) is 23.3 Å². The van der Waals surface area contributed by atoms with Crippen LogP contribution in [0.2, 0.25) is 0 Å². The number of hydrogen-bond acceptors (Lipinski definition) is 9. The first-order valence-corrected chi connectivity index (χ1v) is 13.4. The molecule has 2 aromatic heterocycles. The van der Waals surface area contributed by atoms with Gasteiger partial charge in [-0.25, -0.2) is 23.7 Å². The van der Waals surface area contributed by atoms with E-state index >= 15 is 4.39 Å². The summed E-state index contributed by atoms with van der Waals surface area (Å²) in [5.41, 5.74) is 1.13. The molecule has 1 amide bonds. The number of hydrogen-bond donors (Lipinski definition) is 1. The molecule has 4 rings (SSSR count). The molecule has 43 heavy (non-hydrogen) atoms. The highest BCUT2D eigenvalue weighted by atomic mass is 19.1. The van der Waals surface area contributed by atoms with Gasteiger partial charge in [-0.2, -0.15) is 5.26 Å². The smallest absolute Gasteiger partial charge is 0.420 e. The second-order valence-corrected chi connectivity index (χ2v) is 10.7. The zero-order valence-electron chi connectivity index (χ0n) is 24.9. The molecule has 1 N–H and O–H groups in total. The molecule has 12 heteroatoms. The normalized spacial score (nSPS) is 11.2. The van der Waals surface area contributed by atoms with Gasteiger partial charge in [-0.15, -0.1) is 6.58 Å². The number of anilines is 1. The van der Waals surface area contributed by atoms with Crippen LogP contribution in [0.4, 0.5) is 14.9 Å². The van der Waals surface area contributed by atoms with Gasteiger partial charge in [-0.1, -0.05) is 6.08 Å². The van der Waals surface area contributed by atoms with Crippen LogP contribution < -0.4 is 19.7 Å². The van der Waals surface area contributed by atoms with E-state index in [0.717, 1.165) is 0 Å². The first-order chi connectivity index (χ1) is 20.4. The van der Waals surface area contributed by atoms with E-state index in [1.165, 1.54) is 23.7 Å². The summed E-state index contributed by atoms with van der Waals surface area (Å²) in [5, 5.41) is 12.4. The number of aromatic nitrogens is 3. The van der Waals surface area contributed by atoms with Crippen LogP contribution in [0.15, 0.2) is 43.0 Å². The Morgan fingerprint density at radius 2 is 1.93 bits per heavy atom. The topological polar surface area (TPSA) is 132 Å². The van der Waals surface area contributed by atoms with Gasteiger partial charge >= 0.3 is 6.09 Å². The van der Waals surface area contributed by atoms with E-state index in [1.54, 1.807) is 63.9 Å². The Bertz CT molecular complexity index is 1770. The van der Waals surface area contributed by atoms with E-state index in [-0.39, 0.29) is 36.3 Å².